The van der Waals surface area contributed by atoms with E-state index in [2.05, 4.69) is 114 Å². The van der Waals surface area contributed by atoms with Crippen molar-refractivity contribution in [3.63, 3.8) is 0 Å². The highest BCUT2D eigenvalue weighted by Gasteiger charge is 2.28. The fourth-order valence-corrected chi connectivity index (χ4v) is 6.50. The van der Waals surface area contributed by atoms with E-state index in [0.29, 0.717) is 12.8 Å². The summed E-state index contributed by atoms with van der Waals surface area (Å²) in [6.45, 7) is 1.14. The molecule has 1 unspecified atom stereocenters. The first kappa shape index (κ1) is 61.7. The predicted molar refractivity (Wildman–Crippen MR) is 255 cm³/mol. The molecule has 0 radical (unpaired) electrons. The molecule has 370 valence electrons. The Kier molecular flexibility index (Phi) is 39.9. The zero-order chi connectivity index (χ0) is 48.3. The van der Waals surface area contributed by atoms with Crippen LogP contribution in [0.3, 0.4) is 0 Å². The molecule has 0 fully saturated rings. The van der Waals surface area contributed by atoms with E-state index in [9.17, 15) is 38.9 Å². The van der Waals surface area contributed by atoms with E-state index in [1.54, 1.807) is 6.08 Å². The van der Waals surface area contributed by atoms with Crippen LogP contribution in [0.5, 0.6) is 0 Å². The van der Waals surface area contributed by atoms with E-state index in [-0.39, 0.29) is 32.1 Å². The van der Waals surface area contributed by atoms with Crippen molar-refractivity contribution in [2.24, 2.45) is 0 Å². The third-order valence-electron chi connectivity index (χ3n) is 8.85. The number of rotatable bonds is 41. The maximum absolute atomic E-state index is 12.7. The van der Waals surface area contributed by atoms with Crippen molar-refractivity contribution < 1.29 is 71.8 Å². The van der Waals surface area contributed by atoms with Gasteiger partial charge in [0.1, 0.15) is 12.7 Å². The Morgan fingerprint density at radius 1 is 0.492 bits per heavy atom. The lowest BCUT2D eigenvalue weighted by Gasteiger charge is -2.20. The summed E-state index contributed by atoms with van der Waals surface area (Å²) in [6, 6.07) is 0. The fraction of sp³-hybridized carbons (Fsp3) is 0.583. The molecular formula is C48H78O15P2. The van der Waals surface area contributed by atoms with Crippen LogP contribution >= 0.6 is 15.6 Å². The minimum Gasteiger partial charge on any atom is -0.462 e. The van der Waals surface area contributed by atoms with Crippen LogP contribution in [0.4, 0.5) is 0 Å². The van der Waals surface area contributed by atoms with E-state index in [1.807, 2.05) is 12.2 Å². The summed E-state index contributed by atoms with van der Waals surface area (Å²) >= 11 is 0. The SMILES string of the molecule is CC/C=C\C/C=C\C/C=C\C/C=C\C/C=C\CCCCCC(=O)O[C@H](COC(=O)CCC[C@H](O)[C@@H](O)C/C=C\C/C=C\C/C=C\C/C=C\CC)COP(=O)(O)OC[C@@H](O)COP(=O)(O)O. The van der Waals surface area contributed by atoms with Gasteiger partial charge in [0.2, 0.25) is 0 Å². The molecule has 0 spiro atoms. The summed E-state index contributed by atoms with van der Waals surface area (Å²) < 4.78 is 47.6. The smallest absolute Gasteiger partial charge is 0.462 e. The standard InChI is InChI=1S/C48H78O15P2/c1-3-5-7-9-11-13-15-17-18-19-20-21-22-23-25-27-29-31-33-37-48(53)63-44(42-62-65(57,58)61-40-43(49)39-60-64(54,55)56)41-59-47(52)38-34-36-46(51)45(50)35-32-30-28-26-24-16-14-12-10-8-6-4-2/h5-8,11-14,17-18,20-21,23-26,30,32,43-46,49-51H,3-4,9-10,15-16,19,22,27-29,31,33-42H2,1-2H3,(H,57,58)(H2,54,55,56)/b7-5-,8-6-,13-11-,14-12-,18-17-,21-20-,25-23-,26-24-,32-30-/t43-,44+,45-,46-/m0/s1. The van der Waals surface area contributed by atoms with Gasteiger partial charge in [-0.1, -0.05) is 130 Å². The molecule has 5 atom stereocenters. The molecule has 65 heavy (non-hydrogen) atoms. The molecule has 0 heterocycles. The largest absolute Gasteiger partial charge is 0.472 e. The molecule has 0 aromatic rings. The van der Waals surface area contributed by atoms with Crippen molar-refractivity contribution in [1.82, 2.24) is 0 Å². The van der Waals surface area contributed by atoms with Gasteiger partial charge in [-0.25, -0.2) is 9.13 Å². The predicted octanol–water partition coefficient (Wildman–Crippen LogP) is 9.83. The number of allylic oxidation sites excluding steroid dienone is 17. The summed E-state index contributed by atoms with van der Waals surface area (Å²) in [7, 11) is -9.80. The Labute approximate surface area is 387 Å². The zero-order valence-electron chi connectivity index (χ0n) is 38.5. The summed E-state index contributed by atoms with van der Waals surface area (Å²) in [5, 5.41) is 30.5. The maximum atomic E-state index is 12.7. The van der Waals surface area contributed by atoms with Gasteiger partial charge in [0.25, 0.3) is 0 Å². The van der Waals surface area contributed by atoms with E-state index in [0.717, 1.165) is 70.6 Å². The van der Waals surface area contributed by atoms with Crippen molar-refractivity contribution in [1.29, 1.82) is 0 Å². The maximum Gasteiger partial charge on any atom is 0.472 e. The second-order valence-corrected chi connectivity index (χ2v) is 17.6. The van der Waals surface area contributed by atoms with Crippen molar-refractivity contribution in [3.05, 3.63) is 109 Å². The Balaban J connectivity index is 4.80. The van der Waals surface area contributed by atoms with Gasteiger partial charge in [0.15, 0.2) is 6.10 Å². The number of unbranched alkanes of at least 4 members (excludes halogenated alkanes) is 3. The Morgan fingerprint density at radius 3 is 1.45 bits per heavy atom. The van der Waals surface area contributed by atoms with Crippen molar-refractivity contribution in [2.45, 2.75) is 154 Å². The lowest BCUT2D eigenvalue weighted by molar-refractivity contribution is -0.161. The molecule has 0 aliphatic rings. The van der Waals surface area contributed by atoms with Gasteiger partial charge >= 0.3 is 27.6 Å². The molecule has 15 nitrogen and oxygen atoms in total. The average molecular weight is 957 g/mol. The number of aliphatic hydroxyl groups is 3. The minimum atomic E-state index is -4.91. The molecule has 0 saturated carbocycles. The monoisotopic (exact) mass is 956 g/mol. The first-order valence-electron chi connectivity index (χ1n) is 22.7. The number of carbonyl (C=O) groups is 2. The molecule has 0 aliphatic heterocycles. The number of aliphatic hydroxyl groups excluding tert-OH is 3. The Bertz CT molecular complexity index is 1590. The van der Waals surface area contributed by atoms with Gasteiger partial charge in [0, 0.05) is 12.8 Å². The Morgan fingerprint density at radius 2 is 0.938 bits per heavy atom. The molecule has 0 bridgehead atoms. The summed E-state index contributed by atoms with van der Waals surface area (Å²) in [5.41, 5.74) is 0. The second kappa shape index (κ2) is 42.1. The van der Waals surface area contributed by atoms with Crippen LogP contribution in [0.1, 0.15) is 129 Å². The summed E-state index contributed by atoms with van der Waals surface area (Å²) in [4.78, 5) is 52.8. The van der Waals surface area contributed by atoms with Gasteiger partial charge in [0.05, 0.1) is 32.0 Å². The number of hydrogen-bond donors (Lipinski definition) is 6. The van der Waals surface area contributed by atoms with Crippen molar-refractivity contribution >= 4 is 27.6 Å². The number of ether oxygens (including phenoxy) is 2. The molecule has 0 amide bonds. The Hall–Kier alpha value is -3.30. The highest BCUT2D eigenvalue weighted by atomic mass is 31.2. The molecule has 0 rings (SSSR count). The van der Waals surface area contributed by atoms with Gasteiger partial charge in [-0.05, 0) is 96.3 Å². The third-order valence-corrected chi connectivity index (χ3v) is 10.3. The van der Waals surface area contributed by atoms with Crippen LogP contribution in [0.2, 0.25) is 0 Å². The molecule has 0 aromatic heterocycles. The minimum absolute atomic E-state index is 0.0241. The molecule has 0 aromatic carbocycles. The lowest BCUT2D eigenvalue weighted by atomic mass is 10.0. The first-order chi connectivity index (χ1) is 31.2. The van der Waals surface area contributed by atoms with Gasteiger partial charge < -0.3 is 39.5 Å². The molecule has 17 heteroatoms. The average Bonchev–Trinajstić information content (AvgIpc) is 3.26. The van der Waals surface area contributed by atoms with E-state index < -0.39 is 78.4 Å². The third kappa shape index (κ3) is 44.3. The highest BCUT2D eigenvalue weighted by Crippen LogP contribution is 2.43. The van der Waals surface area contributed by atoms with Crippen molar-refractivity contribution in [2.75, 3.05) is 26.4 Å². The number of phosphoric acid groups is 2. The first-order valence-corrected chi connectivity index (χ1v) is 25.8. The highest BCUT2D eigenvalue weighted by molar-refractivity contribution is 7.47. The molecule has 0 saturated heterocycles. The molecular weight excluding hydrogens is 878 g/mol. The van der Waals surface area contributed by atoms with E-state index in [4.69, 9.17) is 23.8 Å². The van der Waals surface area contributed by atoms with Gasteiger partial charge in [-0.3, -0.25) is 23.2 Å². The van der Waals surface area contributed by atoms with Crippen molar-refractivity contribution in [3.8, 4) is 0 Å². The van der Waals surface area contributed by atoms with Crippen LogP contribution in [-0.2, 0) is 41.8 Å². The van der Waals surface area contributed by atoms with E-state index >= 15 is 0 Å². The number of hydrogen-bond acceptors (Lipinski definition) is 12. The van der Waals surface area contributed by atoms with E-state index in [1.165, 1.54) is 0 Å². The second-order valence-electron chi connectivity index (χ2n) is 14.9. The molecule has 0 aliphatic carbocycles. The van der Waals surface area contributed by atoms with Gasteiger partial charge in [-0.2, -0.15) is 0 Å². The molecule has 6 N–H and O–H groups in total. The van der Waals surface area contributed by atoms with Crippen LogP contribution in [0.15, 0.2) is 109 Å². The number of carbonyl (C=O) groups excluding carboxylic acids is 2. The van der Waals surface area contributed by atoms with Gasteiger partial charge in [-0.15, -0.1) is 0 Å². The van der Waals surface area contributed by atoms with Crippen LogP contribution < -0.4 is 0 Å². The zero-order valence-corrected chi connectivity index (χ0v) is 40.3. The quantitative estimate of drug-likeness (QED) is 0.0145. The lowest BCUT2D eigenvalue weighted by Crippen LogP contribution is -2.30. The number of phosphoric ester groups is 2. The van der Waals surface area contributed by atoms with Crippen LogP contribution in [0, 0.1) is 0 Å². The topological polar surface area (TPSA) is 236 Å². The summed E-state index contributed by atoms with van der Waals surface area (Å²) in [6.07, 6.45) is 43.9. The summed E-state index contributed by atoms with van der Waals surface area (Å²) in [5.74, 6) is -1.37. The number of esters is 2. The fourth-order valence-electron chi connectivity index (χ4n) is 5.34. The normalized spacial score (nSPS) is 15.9. The van der Waals surface area contributed by atoms with Crippen LogP contribution in [0.25, 0.3) is 0 Å². The van der Waals surface area contributed by atoms with Crippen LogP contribution in [-0.4, -0.2) is 92.8 Å².